The molecule has 1 unspecified atom stereocenters. The molecule has 21 heavy (non-hydrogen) atoms. The van der Waals surface area contributed by atoms with Crippen LogP contribution in [0.3, 0.4) is 0 Å². The average molecular weight is 284 g/mol. The van der Waals surface area contributed by atoms with E-state index in [1.54, 1.807) is 7.11 Å². The van der Waals surface area contributed by atoms with E-state index in [2.05, 4.69) is 12.1 Å². The number of aliphatic hydroxyl groups is 1. The van der Waals surface area contributed by atoms with Gasteiger partial charge in [-0.15, -0.1) is 0 Å². The van der Waals surface area contributed by atoms with E-state index in [1.165, 1.54) is 16.7 Å². The predicted octanol–water partition coefficient (Wildman–Crippen LogP) is 3.31. The fraction of sp³-hybridized carbons (Fsp3) is 0.333. The van der Waals surface area contributed by atoms with Gasteiger partial charge < -0.3 is 14.6 Å². The summed E-state index contributed by atoms with van der Waals surface area (Å²) >= 11 is 0. The molecule has 0 spiro atoms. The molecule has 1 heterocycles. The van der Waals surface area contributed by atoms with Gasteiger partial charge in [-0.3, -0.25) is 0 Å². The molecule has 0 aromatic heterocycles. The maximum absolute atomic E-state index is 10.5. The molecule has 1 N–H and O–H groups in total. The molecule has 110 valence electrons. The number of fused-ring (bicyclic) bond motifs is 1. The standard InChI is InChI=1S/C18H20O3/c1-12-3-6-18(20-2)15(7-12)9-17(19)13-4-5-14-10-21-11-16(14)8-13/h3-8,17,19H,9-11H2,1-2H3. The molecule has 0 saturated carbocycles. The number of hydrogen-bond acceptors (Lipinski definition) is 3. The fourth-order valence-electron chi connectivity index (χ4n) is 2.79. The van der Waals surface area contributed by atoms with Crippen molar-refractivity contribution in [1.82, 2.24) is 0 Å². The topological polar surface area (TPSA) is 38.7 Å². The van der Waals surface area contributed by atoms with Crippen LogP contribution in [0.15, 0.2) is 36.4 Å². The first-order chi connectivity index (χ1) is 10.2. The van der Waals surface area contributed by atoms with Crippen molar-refractivity contribution in [3.63, 3.8) is 0 Å². The molecule has 2 aromatic carbocycles. The van der Waals surface area contributed by atoms with Crippen molar-refractivity contribution >= 4 is 0 Å². The van der Waals surface area contributed by atoms with Gasteiger partial charge in [0.1, 0.15) is 5.75 Å². The number of methoxy groups -OCH3 is 1. The van der Waals surface area contributed by atoms with Crippen LogP contribution in [0.4, 0.5) is 0 Å². The third-order valence-electron chi connectivity index (χ3n) is 3.98. The molecule has 0 amide bonds. The molecule has 0 saturated heterocycles. The summed E-state index contributed by atoms with van der Waals surface area (Å²) in [5.41, 5.74) is 5.53. The van der Waals surface area contributed by atoms with Gasteiger partial charge in [0, 0.05) is 6.42 Å². The SMILES string of the molecule is COc1ccc(C)cc1CC(O)c1ccc2c(c1)COC2. The van der Waals surface area contributed by atoms with E-state index < -0.39 is 6.10 Å². The first kappa shape index (κ1) is 14.1. The highest BCUT2D eigenvalue weighted by Gasteiger charge is 2.16. The van der Waals surface area contributed by atoms with Gasteiger partial charge >= 0.3 is 0 Å². The van der Waals surface area contributed by atoms with Crippen molar-refractivity contribution in [2.45, 2.75) is 32.7 Å². The third kappa shape index (κ3) is 2.94. The zero-order valence-corrected chi connectivity index (χ0v) is 12.4. The summed E-state index contributed by atoms with van der Waals surface area (Å²) in [5.74, 6) is 0.823. The van der Waals surface area contributed by atoms with Crippen LogP contribution in [0.1, 0.15) is 33.9 Å². The van der Waals surface area contributed by atoms with Crippen molar-refractivity contribution in [3.8, 4) is 5.75 Å². The molecule has 1 aliphatic heterocycles. The van der Waals surface area contributed by atoms with Gasteiger partial charge in [0.15, 0.2) is 0 Å². The number of aliphatic hydroxyl groups excluding tert-OH is 1. The molecule has 2 aromatic rings. The lowest BCUT2D eigenvalue weighted by Crippen LogP contribution is -2.04. The van der Waals surface area contributed by atoms with E-state index in [9.17, 15) is 5.11 Å². The van der Waals surface area contributed by atoms with Crippen LogP contribution in [-0.2, 0) is 24.4 Å². The number of aryl methyl sites for hydroxylation is 1. The summed E-state index contributed by atoms with van der Waals surface area (Å²) in [6.07, 6.45) is 0.0106. The summed E-state index contributed by atoms with van der Waals surface area (Å²) in [6, 6.07) is 12.1. The summed E-state index contributed by atoms with van der Waals surface area (Å²) in [6.45, 7) is 3.36. The molecular formula is C18H20O3. The maximum Gasteiger partial charge on any atom is 0.122 e. The van der Waals surface area contributed by atoms with Crippen molar-refractivity contribution in [2.24, 2.45) is 0 Å². The Morgan fingerprint density at radius 3 is 2.76 bits per heavy atom. The van der Waals surface area contributed by atoms with Crippen LogP contribution in [-0.4, -0.2) is 12.2 Å². The quantitative estimate of drug-likeness (QED) is 0.936. The molecule has 0 fully saturated rings. The summed E-state index contributed by atoms with van der Waals surface area (Å²) < 4.78 is 10.8. The van der Waals surface area contributed by atoms with Crippen LogP contribution in [0.25, 0.3) is 0 Å². The van der Waals surface area contributed by atoms with E-state index in [0.29, 0.717) is 19.6 Å². The Kier molecular flexibility index (Phi) is 3.95. The monoisotopic (exact) mass is 284 g/mol. The molecule has 0 radical (unpaired) electrons. The predicted molar refractivity (Wildman–Crippen MR) is 81.3 cm³/mol. The van der Waals surface area contributed by atoms with E-state index in [0.717, 1.165) is 16.9 Å². The minimum Gasteiger partial charge on any atom is -0.496 e. The van der Waals surface area contributed by atoms with Crippen LogP contribution in [0.2, 0.25) is 0 Å². The van der Waals surface area contributed by atoms with Crippen molar-refractivity contribution < 1.29 is 14.6 Å². The second kappa shape index (κ2) is 5.88. The second-order valence-electron chi connectivity index (χ2n) is 5.56. The number of rotatable bonds is 4. The first-order valence-electron chi connectivity index (χ1n) is 7.18. The Morgan fingerprint density at radius 1 is 1.14 bits per heavy atom. The summed E-state index contributed by atoms with van der Waals surface area (Å²) in [4.78, 5) is 0. The molecule has 0 aliphatic carbocycles. The van der Waals surface area contributed by atoms with Crippen molar-refractivity contribution in [1.29, 1.82) is 0 Å². The van der Waals surface area contributed by atoms with Crippen LogP contribution >= 0.6 is 0 Å². The summed E-state index contributed by atoms with van der Waals surface area (Å²) in [7, 11) is 1.66. The van der Waals surface area contributed by atoms with Crippen LogP contribution in [0, 0.1) is 6.92 Å². The number of hydrogen-bond donors (Lipinski definition) is 1. The Bertz CT molecular complexity index is 649. The van der Waals surface area contributed by atoms with E-state index in [4.69, 9.17) is 9.47 Å². The Hall–Kier alpha value is -1.84. The number of benzene rings is 2. The fourth-order valence-corrected chi connectivity index (χ4v) is 2.79. The first-order valence-corrected chi connectivity index (χ1v) is 7.18. The highest BCUT2D eigenvalue weighted by Crippen LogP contribution is 2.28. The lowest BCUT2D eigenvalue weighted by atomic mass is 9.97. The zero-order valence-electron chi connectivity index (χ0n) is 12.4. The van der Waals surface area contributed by atoms with Gasteiger partial charge in [0.25, 0.3) is 0 Å². The number of ether oxygens (including phenoxy) is 2. The Balaban J connectivity index is 1.83. The van der Waals surface area contributed by atoms with Gasteiger partial charge in [0.05, 0.1) is 26.4 Å². The Labute approximate surface area is 125 Å². The van der Waals surface area contributed by atoms with Gasteiger partial charge in [-0.1, -0.05) is 35.9 Å². The second-order valence-corrected chi connectivity index (χ2v) is 5.56. The van der Waals surface area contributed by atoms with E-state index in [-0.39, 0.29) is 0 Å². The van der Waals surface area contributed by atoms with Crippen LogP contribution < -0.4 is 4.74 Å². The van der Waals surface area contributed by atoms with Gasteiger partial charge in [-0.2, -0.15) is 0 Å². The smallest absolute Gasteiger partial charge is 0.122 e. The molecule has 1 atom stereocenters. The van der Waals surface area contributed by atoms with Gasteiger partial charge in [-0.05, 0) is 35.2 Å². The van der Waals surface area contributed by atoms with E-state index >= 15 is 0 Å². The van der Waals surface area contributed by atoms with Crippen molar-refractivity contribution in [2.75, 3.05) is 7.11 Å². The van der Waals surface area contributed by atoms with E-state index in [1.807, 2.05) is 31.2 Å². The van der Waals surface area contributed by atoms with Gasteiger partial charge in [-0.25, -0.2) is 0 Å². The summed E-state index contributed by atoms with van der Waals surface area (Å²) in [5, 5.41) is 10.5. The molecule has 3 nitrogen and oxygen atoms in total. The van der Waals surface area contributed by atoms with Gasteiger partial charge in [0.2, 0.25) is 0 Å². The van der Waals surface area contributed by atoms with Crippen molar-refractivity contribution in [3.05, 3.63) is 64.2 Å². The molecular weight excluding hydrogens is 264 g/mol. The van der Waals surface area contributed by atoms with Crippen LogP contribution in [0.5, 0.6) is 5.75 Å². The highest BCUT2D eigenvalue weighted by molar-refractivity contribution is 5.39. The molecule has 1 aliphatic rings. The lowest BCUT2D eigenvalue weighted by molar-refractivity contribution is 0.134. The molecule has 3 rings (SSSR count). The average Bonchev–Trinajstić information content (AvgIpc) is 2.94. The minimum absolute atomic E-state index is 0.536. The molecule has 0 bridgehead atoms. The maximum atomic E-state index is 10.5. The third-order valence-corrected chi connectivity index (χ3v) is 3.98. The largest absolute Gasteiger partial charge is 0.496 e. The Morgan fingerprint density at radius 2 is 1.95 bits per heavy atom. The minimum atomic E-state index is -0.536. The normalized spacial score (nSPS) is 14.8. The lowest BCUT2D eigenvalue weighted by Gasteiger charge is -2.15. The zero-order chi connectivity index (χ0) is 14.8. The molecule has 3 heteroatoms. The highest BCUT2D eigenvalue weighted by atomic mass is 16.5.